The van der Waals surface area contributed by atoms with Crippen LogP contribution in [0.1, 0.15) is 16.8 Å². The fraction of sp³-hybridized carbons (Fsp3) is 0.192. The van der Waals surface area contributed by atoms with E-state index < -0.39 is 31.4 Å². The van der Waals surface area contributed by atoms with Gasteiger partial charge in [0.15, 0.2) is 5.75 Å². The Kier molecular flexibility index (Phi) is 7.93. The molecular weight excluding hydrogens is 512 g/mol. The number of carbonyl (C=O) groups is 1. The summed E-state index contributed by atoms with van der Waals surface area (Å²) in [6, 6.07) is 16.6. The summed E-state index contributed by atoms with van der Waals surface area (Å²) in [5.74, 6) is -0.393. The quantitative estimate of drug-likeness (QED) is 0.163. The summed E-state index contributed by atoms with van der Waals surface area (Å²) in [4.78, 5) is 28.5. The van der Waals surface area contributed by atoms with Gasteiger partial charge in [0.05, 0.1) is 22.0 Å². The Bertz CT molecular complexity index is 1580. The molecule has 0 saturated carbocycles. The Labute approximate surface area is 219 Å². The number of nitro benzene ring substituents is 1. The highest BCUT2D eigenvalue weighted by atomic mass is 32.2. The van der Waals surface area contributed by atoms with E-state index in [1.807, 2.05) is 35.9 Å². The van der Waals surface area contributed by atoms with Crippen LogP contribution in [0.3, 0.4) is 0 Å². The predicted molar refractivity (Wildman–Crippen MR) is 141 cm³/mol. The zero-order chi connectivity index (χ0) is 27.3. The number of hydrogen-bond donors (Lipinski definition) is 2. The summed E-state index contributed by atoms with van der Waals surface area (Å²) in [6.07, 6.45) is 2.38. The lowest BCUT2D eigenvalue weighted by Crippen LogP contribution is -2.30. The van der Waals surface area contributed by atoms with Gasteiger partial charge in [-0.3, -0.25) is 14.9 Å². The average Bonchev–Trinajstić information content (AvgIpc) is 3.36. The molecule has 0 unspecified atom stereocenters. The number of carbonyl (C=O) groups excluding carboxylic acids is 1. The van der Waals surface area contributed by atoms with E-state index in [-0.39, 0.29) is 23.7 Å². The van der Waals surface area contributed by atoms with Crippen LogP contribution in [-0.4, -0.2) is 56.4 Å². The number of nitrogens with one attached hydrogen (secondary N) is 2. The molecule has 4 rings (SSSR count). The van der Waals surface area contributed by atoms with Gasteiger partial charge in [0.2, 0.25) is 0 Å². The molecule has 0 aliphatic rings. The molecule has 1 heterocycles. The number of para-hydroxylation sites is 1. The Morgan fingerprint density at radius 3 is 2.55 bits per heavy atom. The van der Waals surface area contributed by atoms with Crippen LogP contribution in [-0.2, 0) is 10.0 Å². The number of amides is 1. The van der Waals surface area contributed by atoms with Crippen LogP contribution >= 0.6 is 0 Å². The summed E-state index contributed by atoms with van der Waals surface area (Å²) in [5.41, 5.74) is 0.284. The topological polar surface area (TPSA) is 144 Å². The highest BCUT2D eigenvalue weighted by molar-refractivity contribution is 7.90. The predicted octanol–water partition coefficient (Wildman–Crippen LogP) is 4.32. The van der Waals surface area contributed by atoms with Crippen molar-refractivity contribution >= 4 is 32.5 Å². The molecule has 3 aromatic carbocycles. The summed E-state index contributed by atoms with van der Waals surface area (Å²) >= 11 is 0. The van der Waals surface area contributed by atoms with Crippen LogP contribution in [0.5, 0.6) is 17.2 Å². The van der Waals surface area contributed by atoms with Crippen LogP contribution in [0.15, 0.2) is 77.8 Å². The van der Waals surface area contributed by atoms with Crippen molar-refractivity contribution in [3.05, 3.63) is 88.6 Å². The monoisotopic (exact) mass is 538 g/mol. The molecule has 12 heteroatoms. The number of aromatic amines is 1. The molecule has 2 N–H and O–H groups in total. The molecule has 0 spiro atoms. The van der Waals surface area contributed by atoms with Gasteiger partial charge in [0, 0.05) is 29.7 Å². The maximum absolute atomic E-state index is 13.0. The van der Waals surface area contributed by atoms with Gasteiger partial charge in [-0.05, 0) is 63.0 Å². The van der Waals surface area contributed by atoms with E-state index in [1.165, 1.54) is 12.1 Å². The lowest BCUT2D eigenvalue weighted by Gasteiger charge is -2.13. The fourth-order valence-electron chi connectivity index (χ4n) is 3.74. The number of rotatable bonds is 11. The zero-order valence-corrected chi connectivity index (χ0v) is 21.5. The molecule has 0 fully saturated rings. The number of fused-ring (bicyclic) bond motifs is 1. The summed E-state index contributed by atoms with van der Waals surface area (Å²) in [7, 11) is -0.675. The van der Waals surface area contributed by atoms with E-state index in [0.717, 1.165) is 29.6 Å². The van der Waals surface area contributed by atoms with Crippen molar-refractivity contribution in [3.63, 3.8) is 0 Å². The van der Waals surface area contributed by atoms with Crippen molar-refractivity contribution in [2.45, 2.75) is 11.3 Å². The Hall–Kier alpha value is -4.42. The fourth-order valence-corrected chi connectivity index (χ4v) is 4.72. The molecule has 0 aliphatic carbocycles. The van der Waals surface area contributed by atoms with Crippen molar-refractivity contribution in [1.29, 1.82) is 0 Å². The average molecular weight is 539 g/mol. The van der Waals surface area contributed by atoms with Crippen molar-refractivity contribution in [3.8, 4) is 17.2 Å². The number of benzene rings is 3. The second-order valence-electron chi connectivity index (χ2n) is 8.62. The number of nitrogens with zero attached hydrogens (tertiary/aromatic N) is 2. The number of hydrogen-bond acceptors (Lipinski definition) is 8. The number of sulfonamides is 1. The molecule has 1 amide bonds. The molecule has 198 valence electrons. The van der Waals surface area contributed by atoms with E-state index in [9.17, 15) is 23.3 Å². The molecule has 0 aliphatic heterocycles. The third kappa shape index (κ3) is 6.10. The first kappa shape index (κ1) is 26.6. The molecule has 0 atom stereocenters. The molecule has 0 saturated heterocycles. The van der Waals surface area contributed by atoms with E-state index >= 15 is 0 Å². The lowest BCUT2D eigenvalue weighted by molar-refractivity contribution is -0.386. The lowest BCUT2D eigenvalue weighted by atomic mass is 10.2. The van der Waals surface area contributed by atoms with Gasteiger partial charge >= 0.3 is 5.69 Å². The molecule has 4 aromatic rings. The summed E-state index contributed by atoms with van der Waals surface area (Å²) in [6.45, 7) is 0.937. The van der Waals surface area contributed by atoms with Gasteiger partial charge in [-0.2, -0.15) is 0 Å². The van der Waals surface area contributed by atoms with Gasteiger partial charge in [0.25, 0.3) is 15.9 Å². The van der Waals surface area contributed by atoms with Crippen LogP contribution in [0.25, 0.3) is 10.9 Å². The molecule has 0 bridgehead atoms. The number of nitro groups is 1. The van der Waals surface area contributed by atoms with Crippen molar-refractivity contribution in [1.82, 2.24) is 14.6 Å². The Balaban J connectivity index is 1.54. The van der Waals surface area contributed by atoms with Crippen molar-refractivity contribution in [2.75, 3.05) is 27.2 Å². The molecular formula is C26H26N4O7S. The second-order valence-corrected chi connectivity index (χ2v) is 10.3. The highest BCUT2D eigenvalue weighted by Gasteiger charge is 2.26. The number of ether oxygens (including phenoxy) is 2. The zero-order valence-electron chi connectivity index (χ0n) is 20.7. The van der Waals surface area contributed by atoms with Crippen LogP contribution in [0, 0.1) is 10.1 Å². The van der Waals surface area contributed by atoms with Gasteiger partial charge in [-0.1, -0.05) is 18.2 Å². The standard InChI is InChI=1S/C26H26N4O7S/c1-29(2)15-6-16-36-25-12-11-18(17-22(25)30(32)33)38(34,35)28-26(31)20-7-3-4-9-24(20)37-23-10-5-8-21-19(23)13-14-27-21/h3-5,7-14,17,27H,6,15-16H2,1-2H3,(H,28,31). The first-order valence-corrected chi connectivity index (χ1v) is 13.1. The minimum absolute atomic E-state index is 0.0287. The highest BCUT2D eigenvalue weighted by Crippen LogP contribution is 2.32. The molecule has 38 heavy (non-hydrogen) atoms. The summed E-state index contributed by atoms with van der Waals surface area (Å²) in [5, 5.41) is 12.4. The van der Waals surface area contributed by atoms with Crippen LogP contribution < -0.4 is 14.2 Å². The minimum atomic E-state index is -4.46. The smallest absolute Gasteiger partial charge is 0.312 e. The van der Waals surface area contributed by atoms with Crippen LogP contribution in [0.2, 0.25) is 0 Å². The maximum atomic E-state index is 13.0. The third-order valence-corrected chi connectivity index (χ3v) is 6.91. The maximum Gasteiger partial charge on any atom is 0.312 e. The van der Waals surface area contributed by atoms with E-state index in [0.29, 0.717) is 12.2 Å². The first-order chi connectivity index (χ1) is 18.2. The third-order valence-electron chi connectivity index (χ3n) is 5.58. The van der Waals surface area contributed by atoms with Gasteiger partial charge in [0.1, 0.15) is 11.5 Å². The van der Waals surface area contributed by atoms with Gasteiger partial charge in [-0.15, -0.1) is 0 Å². The largest absolute Gasteiger partial charge is 0.487 e. The van der Waals surface area contributed by atoms with Crippen molar-refractivity contribution < 1.29 is 27.6 Å². The van der Waals surface area contributed by atoms with Crippen LogP contribution in [0.4, 0.5) is 5.69 Å². The first-order valence-electron chi connectivity index (χ1n) is 11.6. The van der Waals surface area contributed by atoms with E-state index in [1.54, 1.807) is 36.5 Å². The van der Waals surface area contributed by atoms with E-state index in [2.05, 4.69) is 4.98 Å². The summed E-state index contributed by atoms with van der Waals surface area (Å²) < 4.78 is 39.4. The Morgan fingerprint density at radius 2 is 1.79 bits per heavy atom. The molecule has 0 radical (unpaired) electrons. The van der Waals surface area contributed by atoms with Gasteiger partial charge < -0.3 is 19.4 Å². The normalized spacial score (nSPS) is 11.4. The van der Waals surface area contributed by atoms with E-state index in [4.69, 9.17) is 9.47 Å². The Morgan fingerprint density at radius 1 is 1.03 bits per heavy atom. The number of H-pyrrole nitrogens is 1. The molecule has 11 nitrogen and oxygen atoms in total. The molecule has 1 aromatic heterocycles. The SMILES string of the molecule is CN(C)CCCOc1ccc(S(=O)(=O)NC(=O)c2ccccc2Oc2cccc3[nH]ccc23)cc1[N+](=O)[O-]. The second kappa shape index (κ2) is 11.3. The van der Waals surface area contributed by atoms with Gasteiger partial charge in [-0.25, -0.2) is 13.1 Å². The number of aromatic nitrogens is 1. The van der Waals surface area contributed by atoms with Crippen molar-refractivity contribution in [2.24, 2.45) is 0 Å². The minimum Gasteiger partial charge on any atom is -0.487 e.